The molecule has 0 unspecified atom stereocenters. The molecule has 0 spiro atoms. The van der Waals surface area contributed by atoms with E-state index in [-0.39, 0.29) is 12.1 Å². The van der Waals surface area contributed by atoms with Crippen LogP contribution in [0.1, 0.15) is 27.0 Å². The quantitative estimate of drug-likeness (QED) is 0.422. The summed E-state index contributed by atoms with van der Waals surface area (Å²) in [6, 6.07) is 12.0. The van der Waals surface area contributed by atoms with Crippen molar-refractivity contribution in [2.75, 3.05) is 55.8 Å². The van der Waals surface area contributed by atoms with Gasteiger partial charge in [0.2, 0.25) is 17.8 Å². The van der Waals surface area contributed by atoms with Crippen molar-refractivity contribution in [1.29, 1.82) is 0 Å². The van der Waals surface area contributed by atoms with Gasteiger partial charge in [0.1, 0.15) is 0 Å². The van der Waals surface area contributed by atoms with Gasteiger partial charge in [0.15, 0.2) is 0 Å². The number of nitrogens with zero attached hydrogens (tertiary/aromatic N) is 5. The number of nitrogens with one attached hydrogen (secondary N) is 3. The molecule has 0 radical (unpaired) electrons. The van der Waals surface area contributed by atoms with E-state index in [4.69, 9.17) is 0 Å². The third-order valence-electron chi connectivity index (χ3n) is 6.06. The van der Waals surface area contributed by atoms with E-state index in [0.29, 0.717) is 30.0 Å². The van der Waals surface area contributed by atoms with Crippen molar-refractivity contribution >= 4 is 23.8 Å². The first-order valence-corrected chi connectivity index (χ1v) is 11.9. The molecular weight excluding hydrogens is 485 g/mol. The van der Waals surface area contributed by atoms with Crippen molar-refractivity contribution in [2.24, 2.45) is 0 Å². The second-order valence-electron chi connectivity index (χ2n) is 8.71. The van der Waals surface area contributed by atoms with Gasteiger partial charge in [0.05, 0.1) is 5.56 Å². The molecule has 1 aliphatic heterocycles. The van der Waals surface area contributed by atoms with Crippen LogP contribution >= 0.6 is 0 Å². The number of rotatable bonds is 8. The molecule has 0 atom stereocenters. The summed E-state index contributed by atoms with van der Waals surface area (Å²) in [4.78, 5) is 30.3. The summed E-state index contributed by atoms with van der Waals surface area (Å²) in [7, 11) is 3.83. The number of hydrogen-bond donors (Lipinski definition) is 3. The maximum Gasteiger partial charge on any atom is 0.416 e. The minimum Gasteiger partial charge on any atom is -0.357 e. The lowest BCUT2D eigenvalue weighted by molar-refractivity contribution is -0.138. The number of amides is 1. The number of halogens is 3. The Morgan fingerprint density at radius 3 is 2.27 bits per heavy atom. The average molecular weight is 515 g/mol. The van der Waals surface area contributed by atoms with Gasteiger partial charge in [-0.25, -0.2) is 0 Å². The zero-order chi connectivity index (χ0) is 26.4. The van der Waals surface area contributed by atoms with Gasteiger partial charge in [0, 0.05) is 51.9 Å². The molecule has 1 saturated heterocycles. The van der Waals surface area contributed by atoms with Gasteiger partial charge in [-0.3, -0.25) is 4.79 Å². The van der Waals surface area contributed by atoms with Gasteiger partial charge < -0.3 is 25.8 Å². The van der Waals surface area contributed by atoms with E-state index in [1.807, 2.05) is 0 Å². The van der Waals surface area contributed by atoms with Crippen LogP contribution in [0.15, 0.2) is 48.5 Å². The standard InChI is InChI=1S/C25H29F3N8O/c1-29-22-32-23(34-24(33-22)36-13-11-35(2)12-14-36)31-15-17-7-9-18(10-8-17)21(37)30-16-19-5-3-4-6-20(19)25(26,27)28/h3-10H,11-16H2,1-2H3,(H,30,37)(H2,29,31,32,33,34). The number of hydrogen-bond acceptors (Lipinski definition) is 8. The van der Waals surface area contributed by atoms with Gasteiger partial charge in [-0.15, -0.1) is 0 Å². The normalized spacial score (nSPS) is 14.4. The van der Waals surface area contributed by atoms with Gasteiger partial charge in [0.25, 0.3) is 5.91 Å². The number of benzene rings is 2. The molecule has 4 rings (SSSR count). The minimum absolute atomic E-state index is 0.0124. The fourth-order valence-corrected chi connectivity index (χ4v) is 3.89. The molecule has 3 aromatic rings. The van der Waals surface area contributed by atoms with Crippen molar-refractivity contribution in [3.05, 3.63) is 70.8 Å². The molecule has 0 aliphatic carbocycles. The highest BCUT2D eigenvalue weighted by Crippen LogP contribution is 2.31. The van der Waals surface area contributed by atoms with Crippen LogP contribution in [0.2, 0.25) is 0 Å². The Bertz CT molecular complexity index is 1210. The summed E-state index contributed by atoms with van der Waals surface area (Å²) in [6.07, 6.45) is -4.48. The number of anilines is 3. The Morgan fingerprint density at radius 2 is 1.59 bits per heavy atom. The molecule has 3 N–H and O–H groups in total. The van der Waals surface area contributed by atoms with Crippen LogP contribution in [0.4, 0.5) is 31.0 Å². The van der Waals surface area contributed by atoms with Crippen molar-refractivity contribution in [3.63, 3.8) is 0 Å². The molecular formula is C25H29F3N8O. The monoisotopic (exact) mass is 514 g/mol. The first kappa shape index (κ1) is 26.1. The molecule has 12 heteroatoms. The SMILES string of the molecule is CNc1nc(NCc2ccc(C(=O)NCc3ccccc3C(F)(F)F)cc2)nc(N2CCN(C)CC2)n1. The molecule has 0 saturated carbocycles. The zero-order valence-corrected chi connectivity index (χ0v) is 20.6. The molecule has 1 aliphatic rings. The molecule has 1 amide bonds. The number of carbonyl (C=O) groups is 1. The Balaban J connectivity index is 1.35. The highest BCUT2D eigenvalue weighted by molar-refractivity contribution is 5.94. The topological polar surface area (TPSA) is 98.3 Å². The highest BCUT2D eigenvalue weighted by atomic mass is 19.4. The molecule has 196 valence electrons. The predicted molar refractivity (Wildman–Crippen MR) is 135 cm³/mol. The van der Waals surface area contributed by atoms with E-state index in [0.717, 1.165) is 37.8 Å². The van der Waals surface area contributed by atoms with Crippen molar-refractivity contribution in [3.8, 4) is 0 Å². The number of piperazine rings is 1. The van der Waals surface area contributed by atoms with E-state index >= 15 is 0 Å². The second kappa shape index (κ2) is 11.4. The molecule has 1 fully saturated rings. The van der Waals surface area contributed by atoms with Crippen LogP contribution < -0.4 is 20.9 Å². The number of alkyl halides is 3. The Morgan fingerprint density at radius 1 is 0.919 bits per heavy atom. The summed E-state index contributed by atoms with van der Waals surface area (Å²) in [5.74, 6) is 1.04. The van der Waals surface area contributed by atoms with Crippen LogP contribution in [0, 0.1) is 0 Å². The lowest BCUT2D eigenvalue weighted by atomic mass is 10.1. The summed E-state index contributed by atoms with van der Waals surface area (Å²) in [5.41, 5.74) is 0.487. The molecule has 9 nitrogen and oxygen atoms in total. The average Bonchev–Trinajstić information content (AvgIpc) is 2.90. The number of likely N-dealkylation sites (N-methyl/N-ethyl adjacent to an activating group) is 1. The smallest absolute Gasteiger partial charge is 0.357 e. The Labute approximate surface area is 213 Å². The number of carbonyl (C=O) groups excluding carboxylic acids is 1. The van der Waals surface area contributed by atoms with Crippen LogP contribution in [0.25, 0.3) is 0 Å². The molecule has 2 heterocycles. The maximum absolute atomic E-state index is 13.2. The van der Waals surface area contributed by atoms with Crippen LogP contribution in [0.5, 0.6) is 0 Å². The summed E-state index contributed by atoms with van der Waals surface area (Å²) >= 11 is 0. The van der Waals surface area contributed by atoms with E-state index in [1.54, 1.807) is 31.3 Å². The second-order valence-corrected chi connectivity index (χ2v) is 8.71. The first-order chi connectivity index (χ1) is 17.7. The molecule has 1 aromatic heterocycles. The number of aromatic nitrogens is 3. The Hall–Kier alpha value is -3.93. The van der Waals surface area contributed by atoms with E-state index < -0.39 is 17.6 Å². The highest BCUT2D eigenvalue weighted by Gasteiger charge is 2.32. The van der Waals surface area contributed by atoms with Gasteiger partial charge >= 0.3 is 6.18 Å². The lowest BCUT2D eigenvalue weighted by Crippen LogP contribution is -2.45. The maximum atomic E-state index is 13.2. The third kappa shape index (κ3) is 6.85. The zero-order valence-electron chi connectivity index (χ0n) is 20.6. The molecule has 2 aromatic carbocycles. The van der Waals surface area contributed by atoms with Gasteiger partial charge in [-0.05, 0) is 36.4 Å². The van der Waals surface area contributed by atoms with Crippen LogP contribution in [-0.4, -0.2) is 66.0 Å². The van der Waals surface area contributed by atoms with Crippen molar-refractivity contribution in [1.82, 2.24) is 25.2 Å². The van der Waals surface area contributed by atoms with Crippen molar-refractivity contribution < 1.29 is 18.0 Å². The van der Waals surface area contributed by atoms with Crippen LogP contribution in [-0.2, 0) is 19.3 Å². The molecule has 37 heavy (non-hydrogen) atoms. The Kier molecular flexibility index (Phi) is 8.07. The third-order valence-corrected chi connectivity index (χ3v) is 6.06. The fourth-order valence-electron chi connectivity index (χ4n) is 3.89. The largest absolute Gasteiger partial charge is 0.416 e. The van der Waals surface area contributed by atoms with Gasteiger partial charge in [-0.2, -0.15) is 28.1 Å². The summed E-state index contributed by atoms with van der Waals surface area (Å²) < 4.78 is 39.5. The van der Waals surface area contributed by atoms with Gasteiger partial charge in [-0.1, -0.05) is 30.3 Å². The van der Waals surface area contributed by atoms with Crippen molar-refractivity contribution in [2.45, 2.75) is 19.3 Å². The first-order valence-electron chi connectivity index (χ1n) is 11.9. The minimum atomic E-state index is -4.48. The lowest BCUT2D eigenvalue weighted by Gasteiger charge is -2.32. The predicted octanol–water partition coefficient (Wildman–Crippen LogP) is 3.23. The fraction of sp³-hybridized carbons (Fsp3) is 0.360. The van der Waals surface area contributed by atoms with E-state index in [2.05, 4.69) is 47.7 Å². The summed E-state index contributed by atoms with van der Waals surface area (Å²) in [5, 5.41) is 8.72. The summed E-state index contributed by atoms with van der Waals surface area (Å²) in [6.45, 7) is 3.70. The van der Waals surface area contributed by atoms with E-state index in [1.165, 1.54) is 18.2 Å². The van der Waals surface area contributed by atoms with Crippen LogP contribution in [0.3, 0.4) is 0 Å². The van der Waals surface area contributed by atoms with E-state index in [9.17, 15) is 18.0 Å². The molecule has 0 bridgehead atoms.